The van der Waals surface area contributed by atoms with Crippen LogP contribution in [0, 0.1) is 0 Å². The van der Waals surface area contributed by atoms with Crippen LogP contribution in [0.1, 0.15) is 162 Å². The number of aliphatic hydroxyl groups is 1. The number of aliphatic hydroxyl groups excluding tert-OH is 1. The fraction of sp³-hybridized carbons (Fsp3) is 0.708. The molecule has 2 unspecified atom stereocenters. The molecule has 0 aliphatic carbocycles. The summed E-state index contributed by atoms with van der Waals surface area (Å²) in [5.74, 6) is -0.899. The Balaban J connectivity index is 4.48. The van der Waals surface area contributed by atoms with Crippen LogP contribution in [0.3, 0.4) is 0 Å². The number of phosphoric acid groups is 1. The molecule has 2 N–H and O–H groups in total. The van der Waals surface area contributed by atoms with Crippen molar-refractivity contribution in [3.8, 4) is 0 Å². The molecule has 0 saturated heterocycles. The molecular formula is C48H85NO9P+. The Labute approximate surface area is 360 Å². The highest BCUT2D eigenvalue weighted by Crippen LogP contribution is 2.43. The van der Waals surface area contributed by atoms with E-state index >= 15 is 0 Å². The van der Waals surface area contributed by atoms with Crippen LogP contribution in [0.15, 0.2) is 72.9 Å². The van der Waals surface area contributed by atoms with Gasteiger partial charge in [-0.2, -0.15) is 0 Å². The smallest absolute Gasteiger partial charge is 0.462 e. The predicted octanol–water partition coefficient (Wildman–Crippen LogP) is 12.0. The molecule has 0 bridgehead atoms. The number of ether oxygens (including phenoxy) is 2. The van der Waals surface area contributed by atoms with Gasteiger partial charge in [0.2, 0.25) is 0 Å². The molecule has 10 nitrogen and oxygen atoms in total. The van der Waals surface area contributed by atoms with E-state index in [2.05, 4.69) is 74.6 Å². The minimum atomic E-state index is -4.41. The van der Waals surface area contributed by atoms with Crippen molar-refractivity contribution in [1.29, 1.82) is 0 Å². The number of allylic oxidation sites excluding steroid dienone is 11. The summed E-state index contributed by atoms with van der Waals surface area (Å²) in [5.41, 5.74) is 0. The van der Waals surface area contributed by atoms with Crippen LogP contribution in [0.2, 0.25) is 0 Å². The Morgan fingerprint density at radius 2 is 1.08 bits per heavy atom. The SMILES string of the molecule is CCCCC/C=C\C/C=C\CCCCCCCCCC(=O)OC[C@H](COP(=O)(O)OCC[N+](C)(C)C)OC(=O)CCC/C=C\C/C=C\C/C=C\C/C=C\CC(O)CCC. The monoisotopic (exact) mass is 851 g/mol. The quantitative estimate of drug-likeness (QED) is 0.0203. The zero-order valence-corrected chi connectivity index (χ0v) is 38.7. The van der Waals surface area contributed by atoms with Gasteiger partial charge in [-0.05, 0) is 83.5 Å². The third kappa shape index (κ3) is 43.3. The predicted molar refractivity (Wildman–Crippen MR) is 244 cm³/mol. The molecule has 0 aliphatic heterocycles. The maximum absolute atomic E-state index is 12.7. The molecule has 59 heavy (non-hydrogen) atoms. The van der Waals surface area contributed by atoms with Gasteiger partial charge in [0.1, 0.15) is 19.8 Å². The first-order chi connectivity index (χ1) is 28.4. The molecular weight excluding hydrogens is 765 g/mol. The molecule has 0 aromatic rings. The first kappa shape index (κ1) is 56.4. The van der Waals surface area contributed by atoms with E-state index in [0.717, 1.165) is 64.2 Å². The summed E-state index contributed by atoms with van der Waals surface area (Å²) in [4.78, 5) is 35.4. The van der Waals surface area contributed by atoms with E-state index in [1.165, 1.54) is 44.9 Å². The molecule has 3 atom stereocenters. The van der Waals surface area contributed by atoms with Gasteiger partial charge < -0.3 is 24.0 Å². The first-order valence-corrected chi connectivity index (χ1v) is 24.2. The first-order valence-electron chi connectivity index (χ1n) is 22.7. The van der Waals surface area contributed by atoms with E-state index in [4.69, 9.17) is 18.5 Å². The highest BCUT2D eigenvalue weighted by atomic mass is 31.2. The molecule has 0 fully saturated rings. The molecule has 0 aromatic carbocycles. The second-order valence-electron chi connectivity index (χ2n) is 16.3. The Morgan fingerprint density at radius 3 is 1.64 bits per heavy atom. The van der Waals surface area contributed by atoms with Crippen LogP contribution >= 0.6 is 7.82 Å². The summed E-state index contributed by atoms with van der Waals surface area (Å²) in [6.45, 7) is 4.10. The third-order valence-corrected chi connectivity index (χ3v) is 10.2. The second-order valence-corrected chi connectivity index (χ2v) is 17.7. The molecule has 11 heteroatoms. The van der Waals surface area contributed by atoms with E-state index in [1.54, 1.807) is 0 Å². The number of nitrogens with zero attached hydrogens (tertiary/aromatic N) is 1. The highest BCUT2D eigenvalue weighted by molar-refractivity contribution is 7.47. The van der Waals surface area contributed by atoms with Gasteiger partial charge >= 0.3 is 19.8 Å². The zero-order valence-electron chi connectivity index (χ0n) is 37.8. The van der Waals surface area contributed by atoms with Gasteiger partial charge in [-0.1, -0.05) is 138 Å². The topological polar surface area (TPSA) is 129 Å². The lowest BCUT2D eigenvalue weighted by molar-refractivity contribution is -0.870. The fourth-order valence-corrected chi connectivity index (χ4v) is 6.44. The number of hydrogen-bond acceptors (Lipinski definition) is 8. The van der Waals surface area contributed by atoms with E-state index in [-0.39, 0.29) is 32.2 Å². The van der Waals surface area contributed by atoms with Crippen LogP contribution < -0.4 is 0 Å². The summed E-state index contributed by atoms with van der Waals surface area (Å²) in [7, 11) is 1.40. The number of unbranched alkanes of at least 4 members (excludes halogenated alkanes) is 11. The lowest BCUT2D eigenvalue weighted by Crippen LogP contribution is -2.37. The van der Waals surface area contributed by atoms with Crippen molar-refractivity contribution in [2.45, 2.75) is 174 Å². The van der Waals surface area contributed by atoms with Crippen LogP contribution in [0.25, 0.3) is 0 Å². The molecule has 0 radical (unpaired) electrons. The Hall–Kier alpha value is -2.59. The van der Waals surface area contributed by atoms with E-state index in [1.807, 2.05) is 33.3 Å². The van der Waals surface area contributed by atoms with Crippen molar-refractivity contribution < 1.29 is 47.2 Å². The minimum absolute atomic E-state index is 0.00986. The Kier molecular flexibility index (Phi) is 37.8. The Bertz CT molecular complexity index is 1250. The van der Waals surface area contributed by atoms with Crippen LogP contribution in [-0.4, -0.2) is 86.1 Å². The lowest BCUT2D eigenvalue weighted by atomic mass is 10.1. The van der Waals surface area contributed by atoms with E-state index < -0.39 is 32.5 Å². The average Bonchev–Trinajstić information content (AvgIpc) is 3.18. The largest absolute Gasteiger partial charge is 0.472 e. The number of rotatable bonds is 40. The number of hydrogen-bond donors (Lipinski definition) is 2. The lowest BCUT2D eigenvalue weighted by Gasteiger charge is -2.24. The van der Waals surface area contributed by atoms with Gasteiger partial charge in [0.25, 0.3) is 0 Å². The van der Waals surface area contributed by atoms with E-state index in [9.17, 15) is 24.2 Å². The normalized spacial score (nSPS) is 14.8. The standard InChI is InChI=1S/C48H84NO9P/c1-6-8-9-10-11-12-13-14-15-16-17-20-23-26-29-32-35-39-47(51)55-43-46(44-57-59(53,54)56-42-41-49(3,4)5)58-48(52)40-36-33-30-27-24-21-18-19-22-25-28-31-34-38-45(50)37-7-2/h11-12,14-15,18,21-22,25,27,30-31,34,45-46,50H,6-10,13,16-17,19-20,23-24,26,28-29,32-33,35-44H2,1-5H3/p+1/b12-11-,15-14-,21-18-,25-22-,30-27-,34-31-/t45?,46-/m1/s1. The molecule has 0 aromatic heterocycles. The van der Waals surface area contributed by atoms with Gasteiger partial charge in [0.15, 0.2) is 6.10 Å². The number of phosphoric ester groups is 1. The number of quaternary nitrogens is 1. The minimum Gasteiger partial charge on any atom is -0.462 e. The second kappa shape index (κ2) is 39.5. The van der Waals surface area contributed by atoms with Crippen LogP contribution in [0.4, 0.5) is 0 Å². The van der Waals surface area contributed by atoms with Crippen molar-refractivity contribution >= 4 is 19.8 Å². The number of carbonyl (C=O) groups excluding carboxylic acids is 2. The van der Waals surface area contributed by atoms with Crippen LogP contribution in [-0.2, 0) is 32.7 Å². The molecule has 0 amide bonds. The Morgan fingerprint density at radius 1 is 0.593 bits per heavy atom. The van der Waals surface area contributed by atoms with Gasteiger partial charge in [-0.15, -0.1) is 0 Å². The summed E-state index contributed by atoms with van der Waals surface area (Å²) < 4.78 is 34.2. The third-order valence-electron chi connectivity index (χ3n) is 9.26. The molecule has 340 valence electrons. The van der Waals surface area contributed by atoms with Crippen molar-refractivity contribution in [2.24, 2.45) is 0 Å². The molecule has 0 rings (SSSR count). The maximum Gasteiger partial charge on any atom is 0.472 e. The number of carbonyl (C=O) groups is 2. The molecule has 0 spiro atoms. The summed E-state index contributed by atoms with van der Waals surface area (Å²) >= 11 is 0. The van der Waals surface area contributed by atoms with Gasteiger partial charge in [-0.25, -0.2) is 4.57 Å². The van der Waals surface area contributed by atoms with Crippen molar-refractivity contribution in [1.82, 2.24) is 0 Å². The fourth-order valence-electron chi connectivity index (χ4n) is 5.70. The maximum atomic E-state index is 12.7. The van der Waals surface area contributed by atoms with Gasteiger partial charge in [-0.3, -0.25) is 18.6 Å². The number of esters is 2. The van der Waals surface area contributed by atoms with Crippen molar-refractivity contribution in [3.63, 3.8) is 0 Å². The zero-order chi connectivity index (χ0) is 43.7. The summed E-state index contributed by atoms with van der Waals surface area (Å²) in [6.07, 6.45) is 45.9. The average molecular weight is 851 g/mol. The summed E-state index contributed by atoms with van der Waals surface area (Å²) in [5, 5.41) is 9.74. The van der Waals surface area contributed by atoms with Gasteiger partial charge in [0, 0.05) is 12.8 Å². The van der Waals surface area contributed by atoms with E-state index in [0.29, 0.717) is 36.7 Å². The summed E-state index contributed by atoms with van der Waals surface area (Å²) in [6, 6.07) is 0. The highest BCUT2D eigenvalue weighted by Gasteiger charge is 2.27. The van der Waals surface area contributed by atoms with Crippen molar-refractivity contribution in [3.05, 3.63) is 72.9 Å². The van der Waals surface area contributed by atoms with Crippen molar-refractivity contribution in [2.75, 3.05) is 47.5 Å². The molecule has 0 heterocycles. The number of likely N-dealkylation sites (N-methyl/N-ethyl adjacent to an activating group) is 1. The van der Waals surface area contributed by atoms with Crippen LogP contribution in [0.5, 0.6) is 0 Å². The molecule has 0 saturated carbocycles. The molecule has 0 aliphatic rings. The van der Waals surface area contributed by atoms with Gasteiger partial charge in [0.05, 0.1) is 33.9 Å².